The zero-order valence-electron chi connectivity index (χ0n) is 14.9. The highest BCUT2D eigenvalue weighted by Gasteiger charge is 2.04. The average Bonchev–Trinajstić information content (AvgIpc) is 2.53. The summed E-state index contributed by atoms with van der Waals surface area (Å²) in [7, 11) is 0. The number of nitrogens with zero attached hydrogens (tertiary/aromatic N) is 1. The molecule has 3 heteroatoms. The van der Waals surface area contributed by atoms with Crippen LogP contribution in [0.3, 0.4) is 0 Å². The molecular weight excluding hydrogens is 274 g/mol. The smallest absolute Gasteiger partial charge is 0.330 e. The van der Waals surface area contributed by atoms with Gasteiger partial charge in [0.2, 0.25) is 0 Å². The van der Waals surface area contributed by atoms with E-state index in [1.54, 1.807) is 0 Å². The average molecular weight is 312 g/mol. The van der Waals surface area contributed by atoms with Crippen molar-refractivity contribution in [2.24, 2.45) is 0 Å². The molecule has 0 unspecified atom stereocenters. The van der Waals surface area contributed by atoms with Crippen LogP contribution < -0.4 is 0 Å². The Morgan fingerprint density at radius 1 is 0.864 bits per heavy atom. The highest BCUT2D eigenvalue weighted by atomic mass is 16.5. The third-order valence-electron chi connectivity index (χ3n) is 3.94. The van der Waals surface area contributed by atoms with Gasteiger partial charge in [-0.15, -0.1) is 0 Å². The molecule has 0 atom stereocenters. The summed E-state index contributed by atoms with van der Waals surface area (Å²) in [5.74, 6) is -0.307. The molecule has 0 rings (SSSR count). The van der Waals surface area contributed by atoms with Gasteiger partial charge in [-0.1, -0.05) is 59.0 Å². The first-order chi connectivity index (χ1) is 10.7. The van der Waals surface area contributed by atoms with Gasteiger partial charge in [-0.2, -0.15) is 0 Å². The first kappa shape index (κ1) is 21.2. The number of hydrogen-bond acceptors (Lipinski definition) is 3. The summed E-state index contributed by atoms with van der Waals surface area (Å²) in [6, 6.07) is 0. The Labute approximate surface area is 138 Å². The molecule has 0 fully saturated rings. The standard InChI is InChI=1S/C19H37NO2/c1-4-7-11-15-20(16-12-8-5-2)17-13-9-10-14-18-22-19(21)6-3/h6H,3-5,7-18H2,1-2H3. The fourth-order valence-electron chi connectivity index (χ4n) is 2.53. The second-order valence-electron chi connectivity index (χ2n) is 6.04. The van der Waals surface area contributed by atoms with E-state index in [9.17, 15) is 4.79 Å². The van der Waals surface area contributed by atoms with Crippen LogP contribution in [0.2, 0.25) is 0 Å². The molecule has 0 aromatic carbocycles. The highest BCUT2D eigenvalue weighted by molar-refractivity contribution is 5.81. The Morgan fingerprint density at radius 2 is 1.36 bits per heavy atom. The van der Waals surface area contributed by atoms with Gasteiger partial charge in [-0.3, -0.25) is 0 Å². The molecule has 0 aliphatic rings. The SMILES string of the molecule is C=CC(=O)OCCCCCCN(CCCCC)CCCCC. The fraction of sp³-hybridized carbons (Fsp3) is 0.842. The van der Waals surface area contributed by atoms with Gasteiger partial charge in [0, 0.05) is 6.08 Å². The van der Waals surface area contributed by atoms with Crippen LogP contribution in [0.4, 0.5) is 0 Å². The van der Waals surface area contributed by atoms with Crippen molar-refractivity contribution in [1.82, 2.24) is 4.90 Å². The van der Waals surface area contributed by atoms with Crippen molar-refractivity contribution in [1.29, 1.82) is 0 Å². The molecule has 0 aliphatic heterocycles. The molecule has 0 radical (unpaired) electrons. The van der Waals surface area contributed by atoms with Crippen LogP contribution in [0.25, 0.3) is 0 Å². The van der Waals surface area contributed by atoms with E-state index in [0.717, 1.165) is 12.8 Å². The molecule has 0 saturated carbocycles. The van der Waals surface area contributed by atoms with E-state index in [2.05, 4.69) is 25.3 Å². The van der Waals surface area contributed by atoms with Crippen molar-refractivity contribution in [2.45, 2.75) is 78.1 Å². The third kappa shape index (κ3) is 14.1. The summed E-state index contributed by atoms with van der Waals surface area (Å²) in [4.78, 5) is 13.5. The summed E-state index contributed by atoms with van der Waals surface area (Å²) in [5.41, 5.74) is 0. The molecule has 0 N–H and O–H groups in total. The number of rotatable bonds is 16. The molecule has 0 bridgehead atoms. The maximum Gasteiger partial charge on any atom is 0.330 e. The summed E-state index contributed by atoms with van der Waals surface area (Å²) in [6.07, 6.45) is 13.8. The zero-order valence-corrected chi connectivity index (χ0v) is 14.9. The van der Waals surface area contributed by atoms with Gasteiger partial charge in [0.1, 0.15) is 0 Å². The summed E-state index contributed by atoms with van der Waals surface area (Å²) in [6.45, 7) is 12.2. The van der Waals surface area contributed by atoms with Crippen molar-refractivity contribution in [3.63, 3.8) is 0 Å². The molecule has 0 aliphatic carbocycles. The van der Waals surface area contributed by atoms with Crippen molar-refractivity contribution in [3.8, 4) is 0 Å². The van der Waals surface area contributed by atoms with Crippen molar-refractivity contribution < 1.29 is 9.53 Å². The van der Waals surface area contributed by atoms with Gasteiger partial charge in [0.25, 0.3) is 0 Å². The maximum atomic E-state index is 10.9. The predicted octanol–water partition coefficient (Wildman–Crippen LogP) is 4.96. The van der Waals surface area contributed by atoms with Gasteiger partial charge in [0.05, 0.1) is 6.61 Å². The van der Waals surface area contributed by atoms with Gasteiger partial charge >= 0.3 is 5.97 Å². The molecule has 0 saturated heterocycles. The van der Waals surface area contributed by atoms with E-state index >= 15 is 0 Å². The van der Waals surface area contributed by atoms with Crippen molar-refractivity contribution >= 4 is 5.97 Å². The summed E-state index contributed by atoms with van der Waals surface area (Å²) in [5, 5.41) is 0. The Hall–Kier alpha value is -0.830. The number of carbonyl (C=O) groups is 1. The number of hydrogen-bond donors (Lipinski definition) is 0. The van der Waals surface area contributed by atoms with Crippen LogP contribution in [0, 0.1) is 0 Å². The van der Waals surface area contributed by atoms with E-state index in [1.807, 2.05) is 0 Å². The minimum absolute atomic E-state index is 0.307. The summed E-state index contributed by atoms with van der Waals surface area (Å²) < 4.78 is 4.98. The van der Waals surface area contributed by atoms with Crippen LogP contribution in [-0.2, 0) is 9.53 Å². The minimum atomic E-state index is -0.307. The summed E-state index contributed by atoms with van der Waals surface area (Å²) >= 11 is 0. The van der Waals surface area contributed by atoms with Gasteiger partial charge in [-0.05, 0) is 45.3 Å². The normalized spacial score (nSPS) is 10.9. The van der Waals surface area contributed by atoms with E-state index in [0.29, 0.717) is 6.61 Å². The first-order valence-electron chi connectivity index (χ1n) is 9.26. The number of carbonyl (C=O) groups excluding carboxylic acids is 1. The Balaban J connectivity index is 3.63. The lowest BCUT2D eigenvalue weighted by Gasteiger charge is -2.22. The van der Waals surface area contributed by atoms with Crippen molar-refractivity contribution in [3.05, 3.63) is 12.7 Å². The third-order valence-corrected chi connectivity index (χ3v) is 3.94. The Kier molecular flexibility index (Phi) is 15.9. The van der Waals surface area contributed by atoms with Gasteiger partial charge in [-0.25, -0.2) is 4.79 Å². The maximum absolute atomic E-state index is 10.9. The number of unbranched alkanes of at least 4 members (excludes halogenated alkanes) is 7. The molecule has 130 valence electrons. The lowest BCUT2D eigenvalue weighted by molar-refractivity contribution is -0.137. The highest BCUT2D eigenvalue weighted by Crippen LogP contribution is 2.07. The topological polar surface area (TPSA) is 29.5 Å². The lowest BCUT2D eigenvalue weighted by atomic mass is 10.1. The van der Waals surface area contributed by atoms with Crippen LogP contribution in [0.15, 0.2) is 12.7 Å². The number of esters is 1. The van der Waals surface area contributed by atoms with E-state index in [4.69, 9.17) is 4.74 Å². The largest absolute Gasteiger partial charge is 0.463 e. The number of ether oxygens (including phenoxy) is 1. The Bertz CT molecular complexity index is 256. The van der Waals surface area contributed by atoms with E-state index < -0.39 is 0 Å². The minimum Gasteiger partial charge on any atom is -0.463 e. The molecule has 0 aromatic rings. The molecule has 0 spiro atoms. The fourth-order valence-corrected chi connectivity index (χ4v) is 2.53. The monoisotopic (exact) mass is 311 g/mol. The van der Waals surface area contributed by atoms with Crippen LogP contribution in [0.1, 0.15) is 78.1 Å². The zero-order chi connectivity index (χ0) is 16.5. The van der Waals surface area contributed by atoms with Gasteiger partial charge < -0.3 is 9.64 Å². The molecule has 0 aromatic heterocycles. The second-order valence-corrected chi connectivity index (χ2v) is 6.04. The van der Waals surface area contributed by atoms with Crippen molar-refractivity contribution in [2.75, 3.05) is 26.2 Å². The molecule has 22 heavy (non-hydrogen) atoms. The second kappa shape index (κ2) is 16.5. The molecule has 3 nitrogen and oxygen atoms in total. The predicted molar refractivity (Wildman–Crippen MR) is 95.1 cm³/mol. The quantitative estimate of drug-likeness (QED) is 0.229. The first-order valence-corrected chi connectivity index (χ1v) is 9.26. The molecular formula is C19H37NO2. The van der Waals surface area contributed by atoms with E-state index in [1.165, 1.54) is 77.1 Å². The molecule has 0 heterocycles. The Morgan fingerprint density at radius 3 is 1.86 bits per heavy atom. The van der Waals surface area contributed by atoms with Crippen LogP contribution in [-0.4, -0.2) is 37.1 Å². The van der Waals surface area contributed by atoms with E-state index in [-0.39, 0.29) is 5.97 Å². The lowest BCUT2D eigenvalue weighted by Crippen LogP contribution is -2.27. The molecule has 0 amide bonds. The van der Waals surface area contributed by atoms with Crippen LogP contribution in [0.5, 0.6) is 0 Å². The van der Waals surface area contributed by atoms with Gasteiger partial charge in [0.15, 0.2) is 0 Å². The van der Waals surface area contributed by atoms with Crippen LogP contribution >= 0.6 is 0 Å².